The summed E-state index contributed by atoms with van der Waals surface area (Å²) in [4.78, 5) is 29.1. The number of carbonyl (C=O) groups excluding carboxylic acids is 2. The predicted molar refractivity (Wildman–Crippen MR) is 169 cm³/mol. The molecule has 224 valence electrons. The molecular formula is C34H37N3O5S. The molecule has 0 aromatic heterocycles. The Balaban J connectivity index is 1.65. The number of rotatable bonds is 14. The first-order valence-corrected chi connectivity index (χ1v) is 16.0. The van der Waals surface area contributed by atoms with Crippen molar-refractivity contribution in [3.63, 3.8) is 0 Å². The van der Waals surface area contributed by atoms with Gasteiger partial charge >= 0.3 is 0 Å². The minimum absolute atomic E-state index is 0.137. The number of hydrogen-bond acceptors (Lipinski definition) is 5. The molecule has 1 unspecified atom stereocenters. The van der Waals surface area contributed by atoms with Crippen molar-refractivity contribution in [2.75, 3.05) is 23.7 Å². The average molecular weight is 600 g/mol. The third kappa shape index (κ3) is 9.18. The number of amides is 2. The van der Waals surface area contributed by atoms with E-state index in [-0.39, 0.29) is 18.9 Å². The maximum absolute atomic E-state index is 14.1. The average Bonchev–Trinajstić information content (AvgIpc) is 3.01. The van der Waals surface area contributed by atoms with Gasteiger partial charge in [0.25, 0.3) is 0 Å². The minimum atomic E-state index is -3.87. The van der Waals surface area contributed by atoms with E-state index in [4.69, 9.17) is 4.74 Å². The Hall–Kier alpha value is -4.63. The molecule has 0 heterocycles. The highest BCUT2D eigenvalue weighted by Gasteiger charge is 2.32. The molecule has 43 heavy (non-hydrogen) atoms. The second kappa shape index (κ2) is 15.0. The summed E-state index contributed by atoms with van der Waals surface area (Å²) in [6, 6.07) is 33.7. The molecule has 2 amide bonds. The molecule has 0 aliphatic heterocycles. The minimum Gasteiger partial charge on any atom is -0.457 e. The highest BCUT2D eigenvalue weighted by Crippen LogP contribution is 2.26. The summed E-state index contributed by atoms with van der Waals surface area (Å²) < 4.78 is 32.9. The Kier molecular flexibility index (Phi) is 10.9. The summed E-state index contributed by atoms with van der Waals surface area (Å²) in [5.41, 5.74) is 2.02. The molecule has 1 atom stereocenters. The molecule has 1 N–H and O–H groups in total. The SMILES string of the molecule is CCCNC(=O)C(Cc1ccccc1)N(Cc1ccccc1)C(=O)CN(c1ccc(Oc2ccccc2)cc1)S(C)(=O)=O. The lowest BCUT2D eigenvalue weighted by atomic mass is 10.0. The molecule has 0 bridgehead atoms. The van der Waals surface area contributed by atoms with Gasteiger partial charge in [0.15, 0.2) is 0 Å². The lowest BCUT2D eigenvalue weighted by Gasteiger charge is -2.33. The van der Waals surface area contributed by atoms with Crippen molar-refractivity contribution >= 4 is 27.5 Å². The van der Waals surface area contributed by atoms with Gasteiger partial charge in [0, 0.05) is 19.5 Å². The van der Waals surface area contributed by atoms with Crippen LogP contribution in [0, 0.1) is 0 Å². The zero-order valence-corrected chi connectivity index (χ0v) is 25.2. The lowest BCUT2D eigenvalue weighted by Crippen LogP contribution is -2.53. The van der Waals surface area contributed by atoms with Crippen LogP contribution in [0.15, 0.2) is 115 Å². The van der Waals surface area contributed by atoms with Crippen LogP contribution in [0.1, 0.15) is 24.5 Å². The van der Waals surface area contributed by atoms with E-state index in [2.05, 4.69) is 5.32 Å². The zero-order chi connectivity index (χ0) is 30.7. The number of sulfonamides is 1. The fraction of sp³-hybridized carbons (Fsp3) is 0.235. The smallest absolute Gasteiger partial charge is 0.244 e. The van der Waals surface area contributed by atoms with E-state index < -0.39 is 28.5 Å². The number of hydrogen-bond donors (Lipinski definition) is 1. The van der Waals surface area contributed by atoms with E-state index in [9.17, 15) is 18.0 Å². The van der Waals surface area contributed by atoms with Crippen molar-refractivity contribution in [3.8, 4) is 11.5 Å². The van der Waals surface area contributed by atoms with Crippen molar-refractivity contribution in [1.29, 1.82) is 0 Å². The molecule has 4 aromatic rings. The molecular weight excluding hydrogens is 562 g/mol. The molecule has 0 saturated carbocycles. The molecule has 8 nitrogen and oxygen atoms in total. The van der Waals surface area contributed by atoms with Gasteiger partial charge in [-0.3, -0.25) is 13.9 Å². The summed E-state index contributed by atoms with van der Waals surface area (Å²) >= 11 is 0. The van der Waals surface area contributed by atoms with Crippen molar-refractivity contribution in [2.24, 2.45) is 0 Å². The molecule has 0 saturated heterocycles. The molecule has 4 aromatic carbocycles. The molecule has 9 heteroatoms. The first kappa shape index (κ1) is 31.3. The van der Waals surface area contributed by atoms with Crippen molar-refractivity contribution < 1.29 is 22.7 Å². The van der Waals surface area contributed by atoms with E-state index in [0.29, 0.717) is 23.7 Å². The number of nitrogens with zero attached hydrogens (tertiary/aromatic N) is 2. The standard InChI is InChI=1S/C34H37N3O5S/c1-3-23-35-34(39)32(24-27-13-7-4-8-14-27)36(25-28-15-9-5-10-16-28)33(38)26-37(43(2,40)41)29-19-21-31(22-20-29)42-30-17-11-6-12-18-30/h4-22,32H,3,23-26H2,1-2H3,(H,35,39). The van der Waals surface area contributed by atoms with Gasteiger partial charge in [0.2, 0.25) is 21.8 Å². The molecule has 0 fully saturated rings. The number of para-hydroxylation sites is 1. The Bertz CT molecular complexity index is 1570. The maximum atomic E-state index is 14.1. The fourth-order valence-corrected chi connectivity index (χ4v) is 5.47. The Morgan fingerprint density at radius 3 is 1.86 bits per heavy atom. The van der Waals surface area contributed by atoms with Crippen LogP contribution in [0.4, 0.5) is 5.69 Å². The highest BCUT2D eigenvalue weighted by atomic mass is 32.2. The number of anilines is 1. The highest BCUT2D eigenvalue weighted by molar-refractivity contribution is 7.92. The van der Waals surface area contributed by atoms with E-state index in [1.807, 2.05) is 97.9 Å². The lowest BCUT2D eigenvalue weighted by molar-refractivity contribution is -0.140. The number of ether oxygens (including phenoxy) is 1. The quantitative estimate of drug-likeness (QED) is 0.209. The van der Waals surface area contributed by atoms with E-state index in [0.717, 1.165) is 28.1 Å². The first-order chi connectivity index (χ1) is 20.7. The van der Waals surface area contributed by atoms with Gasteiger partial charge in [-0.2, -0.15) is 0 Å². The van der Waals surface area contributed by atoms with E-state index in [1.54, 1.807) is 24.3 Å². The molecule has 0 spiro atoms. The third-order valence-corrected chi connectivity index (χ3v) is 7.94. The predicted octanol–water partition coefficient (Wildman–Crippen LogP) is 5.41. The number of nitrogens with one attached hydrogen (secondary N) is 1. The van der Waals surface area contributed by atoms with Crippen LogP contribution in [0.25, 0.3) is 0 Å². The fourth-order valence-electron chi connectivity index (χ4n) is 4.62. The number of carbonyl (C=O) groups is 2. The largest absolute Gasteiger partial charge is 0.457 e. The van der Waals surface area contributed by atoms with Gasteiger partial charge in [-0.1, -0.05) is 85.8 Å². The normalized spacial score (nSPS) is 11.8. The second-order valence-electron chi connectivity index (χ2n) is 10.2. The summed E-state index contributed by atoms with van der Waals surface area (Å²) in [6.45, 7) is 2.08. The summed E-state index contributed by atoms with van der Waals surface area (Å²) in [5.74, 6) is 0.387. The molecule has 0 aliphatic rings. The molecule has 0 aliphatic carbocycles. The van der Waals surface area contributed by atoms with Gasteiger partial charge in [0.05, 0.1) is 11.9 Å². The zero-order valence-electron chi connectivity index (χ0n) is 24.4. The van der Waals surface area contributed by atoms with Gasteiger partial charge in [-0.05, 0) is 53.9 Å². The van der Waals surface area contributed by atoms with E-state index >= 15 is 0 Å². The van der Waals surface area contributed by atoms with Crippen molar-refractivity contribution in [2.45, 2.75) is 32.4 Å². The number of benzene rings is 4. The van der Waals surface area contributed by atoms with Crippen LogP contribution in [0.5, 0.6) is 11.5 Å². The van der Waals surface area contributed by atoms with Gasteiger partial charge in [-0.25, -0.2) is 8.42 Å². The van der Waals surface area contributed by atoms with Crippen LogP contribution in [0.2, 0.25) is 0 Å². The topological polar surface area (TPSA) is 96.0 Å². The van der Waals surface area contributed by atoms with Crippen LogP contribution >= 0.6 is 0 Å². The summed E-state index contributed by atoms with van der Waals surface area (Å²) in [7, 11) is -3.87. The van der Waals surface area contributed by atoms with E-state index in [1.165, 1.54) is 4.90 Å². The molecule has 0 radical (unpaired) electrons. The van der Waals surface area contributed by atoms with Crippen molar-refractivity contribution in [1.82, 2.24) is 10.2 Å². The Labute approximate surface area is 254 Å². The van der Waals surface area contributed by atoms with Gasteiger partial charge in [-0.15, -0.1) is 0 Å². The third-order valence-electron chi connectivity index (χ3n) is 6.80. The first-order valence-electron chi connectivity index (χ1n) is 14.2. The maximum Gasteiger partial charge on any atom is 0.244 e. The van der Waals surface area contributed by atoms with Crippen molar-refractivity contribution in [3.05, 3.63) is 126 Å². The summed E-state index contributed by atoms with van der Waals surface area (Å²) in [5, 5.41) is 2.94. The van der Waals surface area contributed by atoms with Gasteiger partial charge in [0.1, 0.15) is 24.1 Å². The van der Waals surface area contributed by atoms with Crippen LogP contribution in [0.3, 0.4) is 0 Å². The van der Waals surface area contributed by atoms with Gasteiger partial charge < -0.3 is 15.0 Å². The summed E-state index contributed by atoms with van der Waals surface area (Å²) in [6.07, 6.45) is 2.08. The van der Waals surface area contributed by atoms with Crippen LogP contribution < -0.4 is 14.4 Å². The van der Waals surface area contributed by atoms with Crippen LogP contribution in [-0.2, 0) is 32.6 Å². The molecule has 4 rings (SSSR count). The monoisotopic (exact) mass is 599 g/mol. The van der Waals surface area contributed by atoms with Crippen LogP contribution in [-0.4, -0.2) is 50.5 Å². The second-order valence-corrected chi connectivity index (χ2v) is 12.1. The Morgan fingerprint density at radius 1 is 0.767 bits per heavy atom. The Morgan fingerprint density at radius 2 is 1.30 bits per heavy atom.